The van der Waals surface area contributed by atoms with Crippen molar-refractivity contribution >= 4 is 11.4 Å². The lowest BCUT2D eigenvalue weighted by Crippen LogP contribution is -2.28. The van der Waals surface area contributed by atoms with Crippen LogP contribution in [0.1, 0.15) is 44.1 Å². The molecule has 2 atom stereocenters. The van der Waals surface area contributed by atoms with Gasteiger partial charge in [0.15, 0.2) is 0 Å². The highest BCUT2D eigenvalue weighted by Crippen LogP contribution is 2.45. The summed E-state index contributed by atoms with van der Waals surface area (Å²) in [5.41, 5.74) is 16.2. The number of aliphatic hydroxyl groups is 1. The Bertz CT molecular complexity index is 920. The van der Waals surface area contributed by atoms with Gasteiger partial charge in [0.1, 0.15) is 0 Å². The summed E-state index contributed by atoms with van der Waals surface area (Å²) in [6.07, 6.45) is 9.04. The number of aliphatic hydroxyl groups excluding tert-OH is 1. The predicted molar refractivity (Wildman–Crippen MR) is 124 cm³/mol. The minimum absolute atomic E-state index is 0.122. The molecule has 8 N–H and O–H groups in total. The van der Waals surface area contributed by atoms with Gasteiger partial charge < -0.3 is 21.6 Å². The summed E-state index contributed by atoms with van der Waals surface area (Å²) in [7, 11) is 0. The van der Waals surface area contributed by atoms with Gasteiger partial charge in [0.25, 0.3) is 0 Å². The van der Waals surface area contributed by atoms with Crippen LogP contribution in [-0.2, 0) is 0 Å². The van der Waals surface area contributed by atoms with Crippen LogP contribution in [0.3, 0.4) is 0 Å². The third-order valence-electron chi connectivity index (χ3n) is 6.03. The molecule has 0 spiro atoms. The zero-order valence-corrected chi connectivity index (χ0v) is 17.8. The molecule has 0 aliphatic heterocycles. The number of allylic oxidation sites excluding steroid dienone is 4. The SMILES string of the molecule is N=C(C1=C(N=O)CC2C=C(CCCCN(N)/C=C(\N)CO)CC1C2)c1ccccc1N. The number of unbranched alkanes of at least 4 members (excludes halogenated alkanes) is 1. The van der Waals surface area contributed by atoms with E-state index in [2.05, 4.69) is 11.3 Å². The summed E-state index contributed by atoms with van der Waals surface area (Å²) in [6.45, 7) is 0.448. The third kappa shape index (κ3) is 5.59. The molecule has 2 bridgehead atoms. The minimum atomic E-state index is -0.208. The zero-order chi connectivity index (χ0) is 22.4. The van der Waals surface area contributed by atoms with E-state index in [1.807, 2.05) is 18.2 Å². The topological polar surface area (TPSA) is 155 Å². The van der Waals surface area contributed by atoms with Gasteiger partial charge in [-0.15, -0.1) is 4.91 Å². The van der Waals surface area contributed by atoms with Crippen molar-refractivity contribution < 1.29 is 5.11 Å². The molecule has 0 saturated carbocycles. The zero-order valence-electron chi connectivity index (χ0n) is 17.8. The fraction of sp³-hybridized carbons (Fsp3) is 0.435. The van der Waals surface area contributed by atoms with Crippen molar-refractivity contribution in [2.24, 2.45) is 28.6 Å². The number of nitrogens with one attached hydrogen (secondary N) is 1. The molecule has 3 rings (SSSR count). The Morgan fingerprint density at radius 1 is 1.29 bits per heavy atom. The summed E-state index contributed by atoms with van der Waals surface area (Å²) in [6, 6.07) is 7.31. The Hall–Kier alpha value is -2.97. The first kappa shape index (κ1) is 22.7. The number of nitroso groups, excluding NO2 is 1. The normalized spacial score (nSPS) is 21.0. The van der Waals surface area contributed by atoms with Gasteiger partial charge in [-0.1, -0.05) is 29.8 Å². The van der Waals surface area contributed by atoms with Gasteiger partial charge >= 0.3 is 0 Å². The Labute approximate surface area is 182 Å². The number of nitrogen functional groups attached to an aromatic ring is 1. The van der Waals surface area contributed by atoms with Crippen LogP contribution in [0.25, 0.3) is 0 Å². The van der Waals surface area contributed by atoms with Gasteiger partial charge in [0.05, 0.1) is 23.7 Å². The van der Waals surface area contributed by atoms with Crippen molar-refractivity contribution in [3.8, 4) is 0 Å². The molecule has 8 heteroatoms. The van der Waals surface area contributed by atoms with Crippen LogP contribution >= 0.6 is 0 Å². The first-order valence-corrected chi connectivity index (χ1v) is 10.7. The van der Waals surface area contributed by atoms with Crippen molar-refractivity contribution in [1.29, 1.82) is 5.41 Å². The summed E-state index contributed by atoms with van der Waals surface area (Å²) < 4.78 is 0. The van der Waals surface area contributed by atoms with Crippen LogP contribution in [-0.4, -0.2) is 29.0 Å². The van der Waals surface area contributed by atoms with E-state index in [9.17, 15) is 4.91 Å². The Kier molecular flexibility index (Phi) is 7.59. The van der Waals surface area contributed by atoms with E-state index < -0.39 is 0 Å². The number of hydrazine groups is 1. The molecule has 1 aromatic carbocycles. The van der Waals surface area contributed by atoms with E-state index >= 15 is 0 Å². The van der Waals surface area contributed by atoms with Crippen LogP contribution in [0.15, 0.2) is 64.3 Å². The maximum atomic E-state index is 11.6. The monoisotopic (exact) mass is 424 g/mol. The van der Waals surface area contributed by atoms with Gasteiger partial charge in [0.2, 0.25) is 0 Å². The number of para-hydroxylation sites is 1. The molecule has 31 heavy (non-hydrogen) atoms. The van der Waals surface area contributed by atoms with Gasteiger partial charge in [-0.2, -0.15) is 0 Å². The van der Waals surface area contributed by atoms with Crippen molar-refractivity contribution in [3.05, 3.63) is 69.6 Å². The molecule has 2 unspecified atom stereocenters. The average Bonchev–Trinajstić information content (AvgIpc) is 2.76. The number of hydrogen-bond acceptors (Lipinski definition) is 8. The largest absolute Gasteiger partial charge is 0.399 e. The number of hydrogen-bond donors (Lipinski definition) is 5. The molecule has 0 radical (unpaired) electrons. The van der Waals surface area contributed by atoms with E-state index in [0.717, 1.165) is 37.7 Å². The van der Waals surface area contributed by atoms with Gasteiger partial charge in [-0.05, 0) is 61.6 Å². The van der Waals surface area contributed by atoms with Gasteiger partial charge in [-0.25, -0.2) is 5.84 Å². The van der Waals surface area contributed by atoms with E-state index in [1.165, 1.54) is 10.6 Å². The molecule has 8 nitrogen and oxygen atoms in total. The first-order chi connectivity index (χ1) is 14.9. The smallest absolute Gasteiger partial charge is 0.0911 e. The van der Waals surface area contributed by atoms with Crippen LogP contribution in [0.4, 0.5) is 5.69 Å². The fourth-order valence-corrected chi connectivity index (χ4v) is 4.65. The Balaban J connectivity index is 1.64. The molecular formula is C23H32N6O2. The highest BCUT2D eigenvalue weighted by Gasteiger charge is 2.35. The second-order valence-corrected chi connectivity index (χ2v) is 8.40. The molecule has 0 fully saturated rings. The van der Waals surface area contributed by atoms with E-state index in [1.54, 1.807) is 12.3 Å². The second-order valence-electron chi connectivity index (χ2n) is 8.40. The summed E-state index contributed by atoms with van der Waals surface area (Å²) in [4.78, 5) is 11.6. The molecule has 2 aliphatic rings. The predicted octanol–water partition coefficient (Wildman–Crippen LogP) is 3.15. The number of benzene rings is 1. The minimum Gasteiger partial charge on any atom is -0.399 e. The average molecular weight is 425 g/mol. The van der Waals surface area contributed by atoms with Crippen LogP contribution in [0.2, 0.25) is 0 Å². The fourth-order valence-electron chi connectivity index (χ4n) is 4.65. The maximum Gasteiger partial charge on any atom is 0.0911 e. The quantitative estimate of drug-likeness (QED) is 0.0739. The Morgan fingerprint density at radius 3 is 2.77 bits per heavy atom. The Morgan fingerprint density at radius 2 is 2.06 bits per heavy atom. The van der Waals surface area contributed by atoms with Gasteiger partial charge in [-0.3, -0.25) is 5.41 Å². The standard InChI is InChI=1S/C23H32N6O2/c24-18(14-30)13-29(27)8-4-3-5-15-9-16-11-17(10-15)22(21(12-16)28-31)23(26)19-6-1-2-7-20(19)25/h1-2,6-7,9,13,16-17,26,30H,3-5,8,10-12,14,24-25,27H2/b18-13-,26-23?. The van der Waals surface area contributed by atoms with E-state index in [-0.39, 0.29) is 12.5 Å². The van der Waals surface area contributed by atoms with Crippen LogP contribution < -0.4 is 17.3 Å². The second kappa shape index (κ2) is 10.4. The molecule has 0 amide bonds. The van der Waals surface area contributed by atoms with Crippen LogP contribution in [0, 0.1) is 22.2 Å². The summed E-state index contributed by atoms with van der Waals surface area (Å²) in [5, 5.41) is 22.5. The third-order valence-corrected chi connectivity index (χ3v) is 6.03. The van der Waals surface area contributed by atoms with Crippen LogP contribution in [0.5, 0.6) is 0 Å². The highest BCUT2D eigenvalue weighted by atomic mass is 16.3. The van der Waals surface area contributed by atoms with Gasteiger partial charge in [0, 0.05) is 29.6 Å². The van der Waals surface area contributed by atoms with Crippen molar-refractivity contribution in [2.75, 3.05) is 18.9 Å². The molecule has 166 valence electrons. The molecule has 0 aromatic heterocycles. The number of rotatable bonds is 10. The maximum absolute atomic E-state index is 11.6. The number of nitrogens with zero attached hydrogens (tertiary/aromatic N) is 2. The number of anilines is 1. The number of fused-ring (bicyclic) bond motifs is 2. The molecule has 2 aliphatic carbocycles. The van der Waals surface area contributed by atoms with E-state index in [0.29, 0.717) is 47.2 Å². The van der Waals surface area contributed by atoms with Crippen molar-refractivity contribution in [2.45, 2.75) is 38.5 Å². The first-order valence-electron chi connectivity index (χ1n) is 10.7. The highest BCUT2D eigenvalue weighted by molar-refractivity contribution is 6.14. The molecular weight excluding hydrogens is 392 g/mol. The number of nitrogens with two attached hydrogens (primary N) is 3. The lowest BCUT2D eigenvalue weighted by Gasteiger charge is -2.36. The van der Waals surface area contributed by atoms with E-state index in [4.69, 9.17) is 27.8 Å². The lowest BCUT2D eigenvalue weighted by atomic mass is 9.69. The lowest BCUT2D eigenvalue weighted by molar-refractivity contribution is 0.318. The molecule has 1 aromatic rings. The summed E-state index contributed by atoms with van der Waals surface area (Å²) >= 11 is 0. The molecule has 0 saturated heterocycles. The van der Waals surface area contributed by atoms with Crippen molar-refractivity contribution in [1.82, 2.24) is 5.01 Å². The summed E-state index contributed by atoms with van der Waals surface area (Å²) in [5.74, 6) is 6.28. The molecule has 0 heterocycles. The van der Waals surface area contributed by atoms with Crippen molar-refractivity contribution in [3.63, 3.8) is 0 Å².